The van der Waals surface area contributed by atoms with E-state index >= 15 is 0 Å². The van der Waals surface area contributed by atoms with Crippen LogP contribution in [0.2, 0.25) is 0 Å². The van der Waals surface area contributed by atoms with Crippen LogP contribution in [-0.4, -0.2) is 210 Å². The Bertz CT molecular complexity index is 869. The molecule has 0 aromatic carbocycles. The fraction of sp³-hybridized carbons (Fsp3) is 1.00. The molecular formula is C23H40O20. The van der Waals surface area contributed by atoms with Gasteiger partial charge in [-0.05, 0) is 0 Å². The van der Waals surface area contributed by atoms with Gasteiger partial charge in [-0.1, -0.05) is 0 Å². The molecule has 4 saturated heterocycles. The fourth-order valence-corrected chi connectivity index (χ4v) is 5.23. The van der Waals surface area contributed by atoms with Gasteiger partial charge >= 0.3 is 0 Å². The Labute approximate surface area is 243 Å². The van der Waals surface area contributed by atoms with Crippen LogP contribution in [0, 0.1) is 0 Å². The van der Waals surface area contributed by atoms with Gasteiger partial charge in [0.25, 0.3) is 0 Å². The molecule has 0 aromatic heterocycles. The average molecular weight is 637 g/mol. The molecule has 0 aliphatic carbocycles. The molecule has 0 amide bonds. The molecule has 4 heterocycles. The van der Waals surface area contributed by atoms with Gasteiger partial charge in [0.05, 0.1) is 26.4 Å². The third-order valence-electron chi connectivity index (χ3n) is 7.82. The van der Waals surface area contributed by atoms with Gasteiger partial charge in [0.15, 0.2) is 25.2 Å². The van der Waals surface area contributed by atoms with Crippen LogP contribution in [0.4, 0.5) is 0 Å². The molecule has 4 aliphatic rings. The summed E-state index contributed by atoms with van der Waals surface area (Å²) in [5.74, 6) is 0. The van der Waals surface area contributed by atoms with Crippen LogP contribution in [0.1, 0.15) is 0 Å². The molecule has 252 valence electrons. The summed E-state index contributed by atoms with van der Waals surface area (Å²) in [5.41, 5.74) is 0. The molecular weight excluding hydrogens is 596 g/mol. The fourth-order valence-electron chi connectivity index (χ4n) is 5.23. The minimum Gasteiger partial charge on any atom is -0.394 e. The van der Waals surface area contributed by atoms with Crippen molar-refractivity contribution in [1.82, 2.24) is 0 Å². The Morgan fingerprint density at radius 2 is 0.953 bits per heavy atom. The number of hydrogen-bond acceptors (Lipinski definition) is 20. The number of hydrogen-bond donors (Lipinski definition) is 13. The summed E-state index contributed by atoms with van der Waals surface area (Å²) >= 11 is 0. The standard InChI is InChI=1S/C23H40O20/c24-1-6-10(29)12(31)15(34)22(39-6)42-18-16(35)17(8(3-26)38-20(18)36)41-23-19(13(32)11(30)7(2-25)40-23)43-21-14(33)9(28)5(27)4-37-21/h5-36H,1-4H2. The lowest BCUT2D eigenvalue weighted by atomic mass is 9.96. The summed E-state index contributed by atoms with van der Waals surface area (Å²) in [4.78, 5) is 0. The zero-order valence-corrected chi connectivity index (χ0v) is 22.5. The van der Waals surface area contributed by atoms with E-state index in [9.17, 15) is 66.4 Å². The van der Waals surface area contributed by atoms with Crippen molar-refractivity contribution in [1.29, 1.82) is 0 Å². The first-order chi connectivity index (χ1) is 20.3. The van der Waals surface area contributed by atoms with Crippen LogP contribution < -0.4 is 0 Å². The molecule has 4 rings (SSSR count). The molecule has 19 atom stereocenters. The smallest absolute Gasteiger partial charge is 0.187 e. The highest BCUT2D eigenvalue weighted by Gasteiger charge is 2.55. The van der Waals surface area contributed by atoms with Crippen LogP contribution in [0.5, 0.6) is 0 Å². The van der Waals surface area contributed by atoms with Crippen molar-refractivity contribution in [2.45, 2.75) is 117 Å². The van der Waals surface area contributed by atoms with E-state index in [0.717, 1.165) is 0 Å². The Kier molecular flexibility index (Phi) is 12.0. The molecule has 0 aromatic rings. The minimum atomic E-state index is -2.00. The second-order valence-electron chi connectivity index (χ2n) is 10.7. The number of rotatable bonds is 9. The Balaban J connectivity index is 1.55. The van der Waals surface area contributed by atoms with Crippen LogP contribution in [0.25, 0.3) is 0 Å². The van der Waals surface area contributed by atoms with Crippen LogP contribution >= 0.6 is 0 Å². The van der Waals surface area contributed by atoms with E-state index in [-0.39, 0.29) is 0 Å². The highest BCUT2D eigenvalue weighted by molar-refractivity contribution is 4.97. The summed E-state index contributed by atoms with van der Waals surface area (Å²) < 4.78 is 38.0. The highest BCUT2D eigenvalue weighted by atomic mass is 16.8. The van der Waals surface area contributed by atoms with Crippen LogP contribution in [0.15, 0.2) is 0 Å². The van der Waals surface area contributed by atoms with E-state index in [0.29, 0.717) is 0 Å². The normalized spacial score (nSPS) is 53.1. The van der Waals surface area contributed by atoms with E-state index in [1.54, 1.807) is 0 Å². The first kappa shape index (κ1) is 35.1. The van der Waals surface area contributed by atoms with Gasteiger partial charge in [0.2, 0.25) is 0 Å². The van der Waals surface area contributed by atoms with Crippen molar-refractivity contribution >= 4 is 0 Å². The van der Waals surface area contributed by atoms with Crippen molar-refractivity contribution in [3.05, 3.63) is 0 Å². The lowest BCUT2D eigenvalue weighted by Crippen LogP contribution is -2.67. The molecule has 0 spiro atoms. The number of ether oxygens (including phenoxy) is 7. The number of aliphatic hydroxyl groups excluding tert-OH is 13. The van der Waals surface area contributed by atoms with Gasteiger partial charge in [0, 0.05) is 0 Å². The van der Waals surface area contributed by atoms with E-state index in [2.05, 4.69) is 0 Å². The second-order valence-corrected chi connectivity index (χ2v) is 10.7. The van der Waals surface area contributed by atoms with Crippen LogP contribution in [0.3, 0.4) is 0 Å². The van der Waals surface area contributed by atoms with Gasteiger partial charge in [0.1, 0.15) is 91.6 Å². The molecule has 4 fully saturated rings. The Hall–Kier alpha value is -0.800. The second kappa shape index (κ2) is 14.7. The lowest BCUT2D eigenvalue weighted by Gasteiger charge is -2.49. The summed E-state index contributed by atoms with van der Waals surface area (Å²) in [5, 5.41) is 132. The summed E-state index contributed by atoms with van der Waals surface area (Å²) in [6, 6.07) is 0. The highest BCUT2D eigenvalue weighted by Crippen LogP contribution is 2.34. The van der Waals surface area contributed by atoms with Gasteiger partial charge < -0.3 is 99.5 Å². The van der Waals surface area contributed by atoms with Crippen molar-refractivity contribution in [3.63, 3.8) is 0 Å². The Morgan fingerprint density at radius 1 is 0.442 bits per heavy atom. The quantitative estimate of drug-likeness (QED) is 0.112. The summed E-state index contributed by atoms with van der Waals surface area (Å²) in [6.45, 7) is -3.01. The van der Waals surface area contributed by atoms with Crippen molar-refractivity contribution in [3.8, 4) is 0 Å². The maximum Gasteiger partial charge on any atom is 0.187 e. The SMILES string of the molecule is OCC1OC(OC2C(O)OC(CO)C(OC3OC(CO)C(O)C(O)C3OC3OCC(O)C(O)C3O)C2O)C(O)C(O)C1O. The van der Waals surface area contributed by atoms with Crippen molar-refractivity contribution in [2.75, 3.05) is 26.4 Å². The van der Waals surface area contributed by atoms with E-state index in [1.165, 1.54) is 0 Å². The average Bonchev–Trinajstić information content (AvgIpc) is 2.99. The molecule has 43 heavy (non-hydrogen) atoms. The maximum absolute atomic E-state index is 11.2. The van der Waals surface area contributed by atoms with Gasteiger partial charge in [-0.3, -0.25) is 0 Å². The molecule has 4 aliphatic heterocycles. The Morgan fingerprint density at radius 3 is 1.56 bits per heavy atom. The predicted molar refractivity (Wildman–Crippen MR) is 128 cm³/mol. The first-order valence-corrected chi connectivity index (χ1v) is 13.5. The third kappa shape index (κ3) is 7.13. The van der Waals surface area contributed by atoms with E-state index < -0.39 is 143 Å². The summed E-state index contributed by atoms with van der Waals surface area (Å²) in [7, 11) is 0. The molecule has 19 unspecified atom stereocenters. The van der Waals surface area contributed by atoms with E-state index in [4.69, 9.17) is 33.2 Å². The van der Waals surface area contributed by atoms with Crippen molar-refractivity contribution < 1.29 is 99.5 Å². The lowest BCUT2D eigenvalue weighted by molar-refractivity contribution is -0.394. The van der Waals surface area contributed by atoms with Crippen LogP contribution in [-0.2, 0) is 33.2 Å². The minimum absolute atomic E-state index is 0.490. The van der Waals surface area contributed by atoms with E-state index in [1.807, 2.05) is 0 Å². The van der Waals surface area contributed by atoms with Gasteiger partial charge in [-0.25, -0.2) is 0 Å². The molecule has 20 heteroatoms. The topological polar surface area (TPSA) is 328 Å². The predicted octanol–water partition coefficient (Wildman–Crippen LogP) is -9.11. The maximum atomic E-state index is 11.2. The first-order valence-electron chi connectivity index (χ1n) is 13.5. The molecule has 0 bridgehead atoms. The molecule has 13 N–H and O–H groups in total. The van der Waals surface area contributed by atoms with Gasteiger partial charge in [-0.2, -0.15) is 0 Å². The molecule has 0 saturated carbocycles. The number of aliphatic hydroxyl groups is 13. The molecule has 0 radical (unpaired) electrons. The zero-order chi connectivity index (χ0) is 31.7. The van der Waals surface area contributed by atoms with Crippen molar-refractivity contribution in [2.24, 2.45) is 0 Å². The van der Waals surface area contributed by atoms with Gasteiger partial charge in [-0.15, -0.1) is 0 Å². The summed E-state index contributed by atoms with van der Waals surface area (Å²) in [6.07, 6.45) is -33.3. The zero-order valence-electron chi connectivity index (χ0n) is 22.5. The third-order valence-corrected chi connectivity index (χ3v) is 7.82. The molecule has 20 nitrogen and oxygen atoms in total. The monoisotopic (exact) mass is 636 g/mol. The largest absolute Gasteiger partial charge is 0.394 e.